The zero-order valence-electron chi connectivity index (χ0n) is 11.8. The van der Waals surface area contributed by atoms with Gasteiger partial charge in [-0.05, 0) is 31.5 Å². The molecule has 0 radical (unpaired) electrons. The van der Waals surface area contributed by atoms with Gasteiger partial charge in [0.25, 0.3) is 0 Å². The third-order valence-corrected chi connectivity index (χ3v) is 3.96. The van der Waals surface area contributed by atoms with Crippen molar-refractivity contribution in [3.05, 3.63) is 29.3 Å². The fourth-order valence-electron chi connectivity index (χ4n) is 2.32. The summed E-state index contributed by atoms with van der Waals surface area (Å²) in [4.78, 5) is 24.8. The summed E-state index contributed by atoms with van der Waals surface area (Å²) < 4.78 is 5.47. The predicted molar refractivity (Wildman–Crippen MR) is 78.5 cm³/mol. The number of hydrogen-bond donors (Lipinski definition) is 1. The van der Waals surface area contributed by atoms with Crippen molar-refractivity contribution in [2.24, 2.45) is 5.41 Å². The van der Waals surface area contributed by atoms with Crippen LogP contribution in [0.4, 0.5) is 0 Å². The van der Waals surface area contributed by atoms with Crippen molar-refractivity contribution >= 4 is 23.5 Å². The minimum atomic E-state index is -0.854. The standard InChI is InChI=1S/C15H18ClNO4/c1-15(14(19)20)6-7-17(10-15)13(18)5-8-21-12-4-2-3-11(16)9-12/h2-4,9H,5-8,10H2,1H3,(H,19,20)/t15-/m0/s1. The molecule has 1 aromatic carbocycles. The second-order valence-corrected chi connectivity index (χ2v) is 5.92. The van der Waals surface area contributed by atoms with Crippen molar-refractivity contribution in [2.75, 3.05) is 19.7 Å². The van der Waals surface area contributed by atoms with Crippen molar-refractivity contribution in [2.45, 2.75) is 19.8 Å². The number of amides is 1. The van der Waals surface area contributed by atoms with Crippen LogP contribution in [0.15, 0.2) is 24.3 Å². The Morgan fingerprint density at radius 3 is 2.86 bits per heavy atom. The van der Waals surface area contributed by atoms with E-state index in [-0.39, 0.29) is 25.5 Å². The van der Waals surface area contributed by atoms with Crippen LogP contribution in [0.3, 0.4) is 0 Å². The van der Waals surface area contributed by atoms with Crippen molar-refractivity contribution in [1.82, 2.24) is 4.90 Å². The summed E-state index contributed by atoms with van der Waals surface area (Å²) in [6.45, 7) is 2.67. The first-order valence-electron chi connectivity index (χ1n) is 6.80. The van der Waals surface area contributed by atoms with Gasteiger partial charge in [-0.25, -0.2) is 0 Å². The maximum atomic E-state index is 12.0. The number of aliphatic carboxylic acids is 1. The fraction of sp³-hybridized carbons (Fsp3) is 0.467. The van der Waals surface area contributed by atoms with Crippen LogP contribution >= 0.6 is 11.6 Å². The lowest BCUT2D eigenvalue weighted by Gasteiger charge is -2.20. The van der Waals surface area contributed by atoms with E-state index >= 15 is 0 Å². The number of nitrogens with zero attached hydrogens (tertiary/aromatic N) is 1. The highest BCUT2D eigenvalue weighted by atomic mass is 35.5. The molecular formula is C15H18ClNO4. The van der Waals surface area contributed by atoms with Crippen LogP contribution in [-0.4, -0.2) is 41.6 Å². The van der Waals surface area contributed by atoms with E-state index in [1.54, 1.807) is 36.1 Å². The molecule has 6 heteroatoms. The first-order chi connectivity index (χ1) is 9.90. The molecule has 1 aliphatic rings. The van der Waals surface area contributed by atoms with E-state index in [0.717, 1.165) is 0 Å². The predicted octanol–water partition coefficient (Wildman–Crippen LogP) is 2.43. The number of halogens is 1. The molecule has 2 rings (SSSR count). The highest BCUT2D eigenvalue weighted by molar-refractivity contribution is 6.30. The number of likely N-dealkylation sites (tertiary alicyclic amines) is 1. The van der Waals surface area contributed by atoms with Crippen molar-refractivity contribution in [3.8, 4) is 5.75 Å². The molecule has 0 saturated carbocycles. The quantitative estimate of drug-likeness (QED) is 0.907. The molecule has 114 valence electrons. The van der Waals surface area contributed by atoms with Crippen molar-refractivity contribution in [1.29, 1.82) is 0 Å². The Labute approximate surface area is 128 Å². The number of carboxylic acid groups (broad SMARTS) is 1. The summed E-state index contributed by atoms with van der Waals surface area (Å²) in [6.07, 6.45) is 0.714. The van der Waals surface area contributed by atoms with E-state index in [1.807, 2.05) is 0 Å². The number of ether oxygens (including phenoxy) is 1. The second kappa shape index (κ2) is 6.35. The number of rotatable bonds is 5. The van der Waals surface area contributed by atoms with Crippen molar-refractivity contribution in [3.63, 3.8) is 0 Å². The maximum Gasteiger partial charge on any atom is 0.311 e. The van der Waals surface area contributed by atoms with E-state index < -0.39 is 11.4 Å². The minimum Gasteiger partial charge on any atom is -0.493 e. The monoisotopic (exact) mass is 311 g/mol. The Bertz CT molecular complexity index is 548. The average Bonchev–Trinajstić information content (AvgIpc) is 2.83. The molecule has 0 bridgehead atoms. The zero-order valence-corrected chi connectivity index (χ0v) is 12.6. The molecule has 1 N–H and O–H groups in total. The smallest absolute Gasteiger partial charge is 0.311 e. The Kier molecular flexibility index (Phi) is 4.73. The molecule has 1 saturated heterocycles. The molecule has 5 nitrogen and oxygen atoms in total. The minimum absolute atomic E-state index is 0.0815. The summed E-state index contributed by atoms with van der Waals surface area (Å²) in [5.74, 6) is -0.318. The molecular weight excluding hydrogens is 294 g/mol. The Morgan fingerprint density at radius 1 is 1.48 bits per heavy atom. The van der Waals surface area contributed by atoms with Crippen LogP contribution in [0.5, 0.6) is 5.75 Å². The summed E-state index contributed by atoms with van der Waals surface area (Å²) in [6, 6.07) is 6.98. The zero-order chi connectivity index (χ0) is 15.5. The van der Waals surface area contributed by atoms with Gasteiger partial charge in [0.15, 0.2) is 0 Å². The SMILES string of the molecule is C[C@]1(C(=O)O)CCN(C(=O)CCOc2cccc(Cl)c2)C1. The summed E-state index contributed by atoms with van der Waals surface area (Å²) in [5.41, 5.74) is -0.830. The van der Waals surface area contributed by atoms with Crippen LogP contribution < -0.4 is 4.74 Å². The summed E-state index contributed by atoms with van der Waals surface area (Å²) in [7, 11) is 0. The van der Waals surface area contributed by atoms with Gasteiger partial charge in [0.1, 0.15) is 5.75 Å². The van der Waals surface area contributed by atoms with Gasteiger partial charge < -0.3 is 14.7 Å². The highest BCUT2D eigenvalue weighted by Gasteiger charge is 2.41. The molecule has 1 amide bonds. The van der Waals surface area contributed by atoms with Gasteiger partial charge in [-0.2, -0.15) is 0 Å². The lowest BCUT2D eigenvalue weighted by molar-refractivity contribution is -0.147. The summed E-state index contributed by atoms with van der Waals surface area (Å²) >= 11 is 5.84. The van der Waals surface area contributed by atoms with Gasteiger partial charge in [0.05, 0.1) is 18.4 Å². The topological polar surface area (TPSA) is 66.8 Å². The molecule has 1 aliphatic heterocycles. The Hall–Kier alpha value is -1.75. The number of carbonyl (C=O) groups is 2. The molecule has 0 unspecified atom stereocenters. The number of carbonyl (C=O) groups excluding carboxylic acids is 1. The summed E-state index contributed by atoms with van der Waals surface area (Å²) in [5, 5.41) is 9.73. The van der Waals surface area contributed by atoms with Crippen LogP contribution in [0.2, 0.25) is 5.02 Å². The average molecular weight is 312 g/mol. The van der Waals surface area contributed by atoms with E-state index in [4.69, 9.17) is 21.4 Å². The van der Waals surface area contributed by atoms with Gasteiger partial charge >= 0.3 is 5.97 Å². The second-order valence-electron chi connectivity index (χ2n) is 5.49. The highest BCUT2D eigenvalue weighted by Crippen LogP contribution is 2.30. The van der Waals surface area contributed by atoms with Crippen molar-refractivity contribution < 1.29 is 19.4 Å². The van der Waals surface area contributed by atoms with Gasteiger partial charge in [-0.15, -0.1) is 0 Å². The van der Waals surface area contributed by atoms with Crippen LogP contribution in [0, 0.1) is 5.41 Å². The molecule has 1 heterocycles. The molecule has 1 atom stereocenters. The third kappa shape index (κ3) is 3.88. The first-order valence-corrected chi connectivity index (χ1v) is 7.18. The molecule has 0 aliphatic carbocycles. The first kappa shape index (κ1) is 15.6. The Morgan fingerprint density at radius 2 is 2.24 bits per heavy atom. The van der Waals surface area contributed by atoms with E-state index in [0.29, 0.717) is 23.7 Å². The van der Waals surface area contributed by atoms with Crippen LogP contribution in [0.25, 0.3) is 0 Å². The lowest BCUT2D eigenvalue weighted by atomic mass is 9.90. The molecule has 1 aromatic rings. The molecule has 0 spiro atoms. The van der Waals surface area contributed by atoms with Gasteiger partial charge in [0, 0.05) is 18.1 Å². The van der Waals surface area contributed by atoms with Gasteiger partial charge in [-0.1, -0.05) is 17.7 Å². The number of hydrogen-bond acceptors (Lipinski definition) is 3. The Balaban J connectivity index is 1.79. The van der Waals surface area contributed by atoms with E-state index in [9.17, 15) is 9.59 Å². The molecule has 1 fully saturated rings. The van der Waals surface area contributed by atoms with E-state index in [1.165, 1.54) is 0 Å². The maximum absolute atomic E-state index is 12.0. The number of benzene rings is 1. The molecule has 0 aromatic heterocycles. The largest absolute Gasteiger partial charge is 0.493 e. The fourth-order valence-corrected chi connectivity index (χ4v) is 2.50. The van der Waals surface area contributed by atoms with Gasteiger partial charge in [-0.3, -0.25) is 9.59 Å². The van der Waals surface area contributed by atoms with Crippen LogP contribution in [0.1, 0.15) is 19.8 Å². The third-order valence-electron chi connectivity index (χ3n) is 3.72. The molecule has 21 heavy (non-hydrogen) atoms. The number of carboxylic acids is 1. The van der Waals surface area contributed by atoms with E-state index in [2.05, 4.69) is 0 Å². The normalized spacial score (nSPS) is 21.3. The van der Waals surface area contributed by atoms with Gasteiger partial charge in [0.2, 0.25) is 5.91 Å². The van der Waals surface area contributed by atoms with Crippen LogP contribution in [-0.2, 0) is 9.59 Å². The lowest BCUT2D eigenvalue weighted by Crippen LogP contribution is -2.35.